The fourth-order valence-corrected chi connectivity index (χ4v) is 3.43. The number of carbonyl (C=O) groups excluding carboxylic acids is 1. The summed E-state index contributed by atoms with van der Waals surface area (Å²) in [6.07, 6.45) is 3.10. The number of carbonyl (C=O) groups is 1. The topological polar surface area (TPSA) is 50.8 Å². The van der Waals surface area contributed by atoms with Crippen LogP contribution in [0.15, 0.2) is 24.3 Å². The number of rotatable bonds is 6. The lowest BCUT2D eigenvalue weighted by Gasteiger charge is -2.34. The molecule has 2 aliphatic rings. The van der Waals surface area contributed by atoms with Crippen molar-refractivity contribution in [3.63, 3.8) is 0 Å². The molecule has 2 saturated heterocycles. The minimum atomic E-state index is -0.318. The van der Waals surface area contributed by atoms with Gasteiger partial charge in [0.2, 0.25) is 5.91 Å². The summed E-state index contributed by atoms with van der Waals surface area (Å²) in [7, 11) is 0. The molecule has 0 unspecified atom stereocenters. The molecular formula is C19H28N2O3. The molecule has 132 valence electrons. The zero-order chi connectivity index (χ0) is 16.9. The normalized spacial score (nSPS) is 24.0. The van der Waals surface area contributed by atoms with Gasteiger partial charge in [-0.15, -0.1) is 0 Å². The van der Waals surface area contributed by atoms with Crippen LogP contribution in [0.3, 0.4) is 0 Å². The minimum absolute atomic E-state index is 0.0140. The summed E-state index contributed by atoms with van der Waals surface area (Å²) in [5, 5.41) is 3.01. The van der Waals surface area contributed by atoms with Crippen molar-refractivity contribution >= 4 is 5.91 Å². The number of hydrogen-bond acceptors (Lipinski definition) is 4. The molecule has 0 saturated carbocycles. The second kappa shape index (κ2) is 7.99. The van der Waals surface area contributed by atoms with E-state index in [-0.39, 0.29) is 18.1 Å². The summed E-state index contributed by atoms with van der Waals surface area (Å²) < 4.78 is 11.4. The van der Waals surface area contributed by atoms with Gasteiger partial charge in [0.15, 0.2) is 0 Å². The Hall–Kier alpha value is -1.59. The second-order valence-electron chi connectivity index (χ2n) is 6.96. The Bertz CT molecular complexity index is 544. The van der Waals surface area contributed by atoms with E-state index in [1.165, 1.54) is 18.4 Å². The third-order valence-electron chi connectivity index (χ3n) is 4.69. The van der Waals surface area contributed by atoms with Gasteiger partial charge in [0.1, 0.15) is 11.9 Å². The first-order valence-corrected chi connectivity index (χ1v) is 9.01. The van der Waals surface area contributed by atoms with Crippen LogP contribution in [0.2, 0.25) is 0 Å². The SMILES string of the molecule is CC(C)Oc1ccc(CCNC(=O)[C@@H]2CN3CCC[C@@H]3CO2)cc1. The fourth-order valence-electron chi connectivity index (χ4n) is 3.43. The molecular weight excluding hydrogens is 304 g/mol. The highest BCUT2D eigenvalue weighted by Gasteiger charge is 2.35. The van der Waals surface area contributed by atoms with Crippen molar-refractivity contribution < 1.29 is 14.3 Å². The van der Waals surface area contributed by atoms with Gasteiger partial charge in [-0.05, 0) is 57.4 Å². The third kappa shape index (κ3) is 4.48. The highest BCUT2D eigenvalue weighted by Crippen LogP contribution is 2.22. The van der Waals surface area contributed by atoms with Gasteiger partial charge < -0.3 is 14.8 Å². The standard InChI is InChI=1S/C19H28N2O3/c1-14(2)24-17-7-5-15(6-8-17)9-10-20-19(22)18-12-21-11-3-4-16(21)13-23-18/h5-8,14,16,18H,3-4,9-13H2,1-2H3,(H,20,22)/t16-,18+/m1/s1. The predicted molar refractivity (Wildman–Crippen MR) is 93.3 cm³/mol. The van der Waals surface area contributed by atoms with Gasteiger partial charge in [0.25, 0.3) is 0 Å². The van der Waals surface area contributed by atoms with Crippen LogP contribution in [0.5, 0.6) is 5.75 Å². The van der Waals surface area contributed by atoms with Crippen LogP contribution in [0.1, 0.15) is 32.3 Å². The Morgan fingerprint density at radius 1 is 1.38 bits per heavy atom. The molecule has 24 heavy (non-hydrogen) atoms. The minimum Gasteiger partial charge on any atom is -0.491 e. The van der Waals surface area contributed by atoms with Gasteiger partial charge in [-0.3, -0.25) is 9.69 Å². The molecule has 2 fully saturated rings. The first kappa shape index (κ1) is 17.2. The molecule has 1 amide bonds. The van der Waals surface area contributed by atoms with Gasteiger partial charge in [-0.2, -0.15) is 0 Å². The number of benzene rings is 1. The lowest BCUT2D eigenvalue weighted by molar-refractivity contribution is -0.140. The van der Waals surface area contributed by atoms with Crippen molar-refractivity contribution in [1.29, 1.82) is 0 Å². The lowest BCUT2D eigenvalue weighted by atomic mass is 10.1. The summed E-state index contributed by atoms with van der Waals surface area (Å²) in [6.45, 7) is 7.19. The van der Waals surface area contributed by atoms with Crippen LogP contribution in [-0.2, 0) is 16.0 Å². The number of morpholine rings is 1. The molecule has 2 aliphatic heterocycles. The highest BCUT2D eigenvalue weighted by atomic mass is 16.5. The zero-order valence-corrected chi connectivity index (χ0v) is 14.7. The monoisotopic (exact) mass is 332 g/mol. The van der Waals surface area contributed by atoms with E-state index in [1.54, 1.807) is 0 Å². The molecule has 3 rings (SSSR count). The zero-order valence-electron chi connectivity index (χ0n) is 14.7. The maximum Gasteiger partial charge on any atom is 0.250 e. The number of nitrogens with one attached hydrogen (secondary N) is 1. The van der Waals surface area contributed by atoms with Crippen molar-refractivity contribution in [1.82, 2.24) is 10.2 Å². The number of ether oxygens (including phenoxy) is 2. The predicted octanol–water partition coefficient (Wildman–Crippen LogP) is 2.00. The second-order valence-corrected chi connectivity index (χ2v) is 6.96. The van der Waals surface area contributed by atoms with Crippen LogP contribution < -0.4 is 10.1 Å². The Morgan fingerprint density at radius 3 is 2.92 bits per heavy atom. The van der Waals surface area contributed by atoms with Crippen LogP contribution in [-0.4, -0.2) is 55.3 Å². The molecule has 1 aromatic carbocycles. The molecule has 2 atom stereocenters. The van der Waals surface area contributed by atoms with E-state index in [4.69, 9.17) is 9.47 Å². The first-order chi connectivity index (χ1) is 11.6. The van der Waals surface area contributed by atoms with E-state index in [0.29, 0.717) is 19.2 Å². The van der Waals surface area contributed by atoms with Crippen molar-refractivity contribution in [2.45, 2.75) is 51.4 Å². The number of nitrogens with zero attached hydrogens (tertiary/aromatic N) is 1. The average molecular weight is 332 g/mol. The van der Waals surface area contributed by atoms with Gasteiger partial charge in [0, 0.05) is 19.1 Å². The van der Waals surface area contributed by atoms with Crippen molar-refractivity contribution in [3.8, 4) is 5.75 Å². The van der Waals surface area contributed by atoms with Crippen LogP contribution >= 0.6 is 0 Å². The number of fused-ring (bicyclic) bond motifs is 1. The Balaban J connectivity index is 1.40. The van der Waals surface area contributed by atoms with E-state index in [1.807, 2.05) is 26.0 Å². The molecule has 5 nitrogen and oxygen atoms in total. The molecule has 2 heterocycles. The van der Waals surface area contributed by atoms with Crippen molar-refractivity contribution in [2.75, 3.05) is 26.2 Å². The van der Waals surface area contributed by atoms with Crippen LogP contribution in [0.25, 0.3) is 0 Å². The molecule has 1 aromatic rings. The summed E-state index contributed by atoms with van der Waals surface area (Å²) in [6, 6.07) is 8.59. The highest BCUT2D eigenvalue weighted by molar-refractivity contribution is 5.81. The van der Waals surface area contributed by atoms with Crippen LogP contribution in [0, 0.1) is 0 Å². The summed E-state index contributed by atoms with van der Waals surface area (Å²) in [5.74, 6) is 0.897. The van der Waals surface area contributed by atoms with E-state index in [2.05, 4.69) is 22.3 Å². The molecule has 0 bridgehead atoms. The molecule has 0 aliphatic carbocycles. The largest absolute Gasteiger partial charge is 0.491 e. The average Bonchev–Trinajstić information content (AvgIpc) is 3.03. The smallest absolute Gasteiger partial charge is 0.250 e. The first-order valence-electron chi connectivity index (χ1n) is 9.01. The Morgan fingerprint density at radius 2 is 2.17 bits per heavy atom. The summed E-state index contributed by atoms with van der Waals surface area (Å²) in [4.78, 5) is 14.7. The van der Waals surface area contributed by atoms with E-state index in [0.717, 1.165) is 25.3 Å². The Labute approximate surface area is 144 Å². The van der Waals surface area contributed by atoms with E-state index >= 15 is 0 Å². The van der Waals surface area contributed by atoms with Gasteiger partial charge in [-0.1, -0.05) is 12.1 Å². The van der Waals surface area contributed by atoms with E-state index in [9.17, 15) is 4.79 Å². The van der Waals surface area contributed by atoms with Gasteiger partial charge in [-0.25, -0.2) is 0 Å². The van der Waals surface area contributed by atoms with E-state index < -0.39 is 0 Å². The Kier molecular flexibility index (Phi) is 5.74. The maximum atomic E-state index is 12.3. The molecule has 5 heteroatoms. The molecule has 0 aromatic heterocycles. The summed E-state index contributed by atoms with van der Waals surface area (Å²) >= 11 is 0. The quantitative estimate of drug-likeness (QED) is 0.866. The summed E-state index contributed by atoms with van der Waals surface area (Å²) in [5.41, 5.74) is 1.19. The maximum absolute atomic E-state index is 12.3. The van der Waals surface area contributed by atoms with Crippen molar-refractivity contribution in [2.24, 2.45) is 0 Å². The lowest BCUT2D eigenvalue weighted by Crippen LogP contribution is -2.52. The molecule has 1 N–H and O–H groups in total. The molecule has 0 spiro atoms. The van der Waals surface area contributed by atoms with Gasteiger partial charge in [0.05, 0.1) is 12.7 Å². The van der Waals surface area contributed by atoms with Crippen LogP contribution in [0.4, 0.5) is 0 Å². The number of hydrogen-bond donors (Lipinski definition) is 1. The molecule has 0 radical (unpaired) electrons. The van der Waals surface area contributed by atoms with Gasteiger partial charge >= 0.3 is 0 Å². The van der Waals surface area contributed by atoms with Crippen molar-refractivity contribution in [3.05, 3.63) is 29.8 Å². The number of amides is 1. The third-order valence-corrected chi connectivity index (χ3v) is 4.69. The fraction of sp³-hybridized carbons (Fsp3) is 0.632.